The van der Waals surface area contributed by atoms with Crippen LogP contribution in [0.5, 0.6) is 5.75 Å². The summed E-state index contributed by atoms with van der Waals surface area (Å²) < 4.78 is 32.2. The summed E-state index contributed by atoms with van der Waals surface area (Å²) in [6, 6.07) is 5.01. The Labute approximate surface area is 128 Å². The first kappa shape index (κ1) is 17.9. The number of rotatable bonds is 8. The molecule has 1 aromatic rings. The first-order valence-electron chi connectivity index (χ1n) is 7.18. The van der Waals surface area contributed by atoms with Crippen LogP contribution in [0.2, 0.25) is 0 Å². The molecule has 0 aliphatic heterocycles. The molecule has 1 aromatic carbocycles. The summed E-state index contributed by atoms with van der Waals surface area (Å²) >= 11 is 0. The largest absolute Gasteiger partial charge is 0.496 e. The maximum Gasteiger partial charge on any atom is 0.243 e. The average molecular weight is 314 g/mol. The summed E-state index contributed by atoms with van der Waals surface area (Å²) in [7, 11) is -0.0617. The van der Waals surface area contributed by atoms with Crippen LogP contribution in [0.3, 0.4) is 0 Å². The number of nitrogens with zero attached hydrogens (tertiary/aromatic N) is 1. The molecular weight excluding hydrogens is 288 g/mol. The van der Waals surface area contributed by atoms with E-state index in [0.29, 0.717) is 30.3 Å². The van der Waals surface area contributed by atoms with Crippen molar-refractivity contribution in [1.29, 1.82) is 0 Å². The summed E-state index contributed by atoms with van der Waals surface area (Å²) in [5.74, 6) is 0.977. The van der Waals surface area contributed by atoms with Gasteiger partial charge in [-0.05, 0) is 31.2 Å². The van der Waals surface area contributed by atoms with Crippen molar-refractivity contribution in [2.24, 2.45) is 5.92 Å². The van der Waals surface area contributed by atoms with Crippen LogP contribution in [0.4, 0.5) is 0 Å². The third-order valence-corrected chi connectivity index (χ3v) is 5.12. The number of benzene rings is 1. The van der Waals surface area contributed by atoms with E-state index in [2.05, 4.69) is 5.32 Å². The van der Waals surface area contributed by atoms with Gasteiger partial charge in [0.25, 0.3) is 0 Å². The van der Waals surface area contributed by atoms with Gasteiger partial charge in [-0.2, -0.15) is 4.31 Å². The summed E-state index contributed by atoms with van der Waals surface area (Å²) in [5.41, 5.74) is 0.835. The first-order valence-corrected chi connectivity index (χ1v) is 8.62. The third-order valence-electron chi connectivity index (χ3n) is 3.18. The van der Waals surface area contributed by atoms with Gasteiger partial charge in [0.1, 0.15) is 5.75 Å². The molecule has 0 aromatic heterocycles. The normalized spacial score (nSPS) is 12.1. The lowest BCUT2D eigenvalue weighted by molar-refractivity contribution is 0.380. The zero-order valence-electron chi connectivity index (χ0n) is 13.5. The van der Waals surface area contributed by atoms with E-state index in [1.54, 1.807) is 25.3 Å². The Kier molecular flexibility index (Phi) is 6.64. The number of methoxy groups -OCH3 is 1. The topological polar surface area (TPSA) is 58.6 Å². The predicted molar refractivity (Wildman–Crippen MR) is 85.0 cm³/mol. The Morgan fingerprint density at radius 3 is 2.48 bits per heavy atom. The van der Waals surface area contributed by atoms with Crippen LogP contribution in [-0.2, 0) is 16.6 Å². The average Bonchev–Trinajstić information content (AvgIpc) is 2.44. The van der Waals surface area contributed by atoms with E-state index in [1.807, 2.05) is 27.8 Å². The molecular formula is C15H26N2O3S. The van der Waals surface area contributed by atoms with Gasteiger partial charge >= 0.3 is 0 Å². The maximum atomic E-state index is 12.7. The predicted octanol–water partition coefficient (Wildman–Crippen LogP) is 2.08. The van der Waals surface area contributed by atoms with Crippen molar-refractivity contribution in [3.8, 4) is 5.75 Å². The molecule has 0 aliphatic carbocycles. The van der Waals surface area contributed by atoms with Crippen LogP contribution < -0.4 is 10.1 Å². The molecule has 0 heterocycles. The van der Waals surface area contributed by atoms with Crippen LogP contribution in [0.25, 0.3) is 0 Å². The van der Waals surface area contributed by atoms with Crippen molar-refractivity contribution in [2.75, 3.05) is 27.2 Å². The van der Waals surface area contributed by atoms with Crippen molar-refractivity contribution in [3.05, 3.63) is 23.8 Å². The molecule has 0 unspecified atom stereocenters. The molecule has 120 valence electrons. The van der Waals surface area contributed by atoms with E-state index in [9.17, 15) is 8.42 Å². The third kappa shape index (κ3) is 4.43. The second-order valence-corrected chi connectivity index (χ2v) is 7.29. The van der Waals surface area contributed by atoms with E-state index >= 15 is 0 Å². The molecule has 0 bridgehead atoms. The molecule has 0 amide bonds. The maximum absolute atomic E-state index is 12.7. The Morgan fingerprint density at radius 1 is 1.33 bits per heavy atom. The summed E-state index contributed by atoms with van der Waals surface area (Å²) in [6.07, 6.45) is 0. The smallest absolute Gasteiger partial charge is 0.243 e. The lowest BCUT2D eigenvalue weighted by Gasteiger charge is -2.23. The highest BCUT2D eigenvalue weighted by atomic mass is 32.2. The van der Waals surface area contributed by atoms with Crippen LogP contribution in [0, 0.1) is 5.92 Å². The molecule has 6 heteroatoms. The molecule has 5 nitrogen and oxygen atoms in total. The van der Waals surface area contributed by atoms with Gasteiger partial charge in [0.15, 0.2) is 0 Å². The zero-order chi connectivity index (χ0) is 16.0. The Morgan fingerprint density at radius 2 is 2.00 bits per heavy atom. The molecule has 0 spiro atoms. The molecule has 0 saturated carbocycles. The molecule has 0 radical (unpaired) electrons. The highest BCUT2D eigenvalue weighted by Gasteiger charge is 2.24. The van der Waals surface area contributed by atoms with Crippen molar-refractivity contribution >= 4 is 10.0 Å². The summed E-state index contributed by atoms with van der Waals surface area (Å²) in [5, 5.41) is 3.02. The fourth-order valence-corrected chi connectivity index (χ4v) is 3.86. The minimum atomic E-state index is -3.46. The Hall–Kier alpha value is -1.11. The number of nitrogens with one attached hydrogen (secondary N) is 1. The summed E-state index contributed by atoms with van der Waals surface area (Å²) in [6.45, 7) is 7.43. The second-order valence-electron chi connectivity index (χ2n) is 5.35. The van der Waals surface area contributed by atoms with Crippen LogP contribution in [-0.4, -0.2) is 40.0 Å². The van der Waals surface area contributed by atoms with Gasteiger partial charge in [0, 0.05) is 25.2 Å². The number of hydrogen-bond acceptors (Lipinski definition) is 4. The molecule has 0 fully saturated rings. The van der Waals surface area contributed by atoms with E-state index in [1.165, 1.54) is 4.31 Å². The molecule has 1 N–H and O–H groups in total. The van der Waals surface area contributed by atoms with Crippen LogP contribution >= 0.6 is 0 Å². The van der Waals surface area contributed by atoms with E-state index in [-0.39, 0.29) is 5.92 Å². The van der Waals surface area contributed by atoms with Gasteiger partial charge in [-0.15, -0.1) is 0 Å². The van der Waals surface area contributed by atoms with Gasteiger partial charge < -0.3 is 10.1 Å². The van der Waals surface area contributed by atoms with E-state index in [0.717, 1.165) is 5.56 Å². The lowest BCUT2D eigenvalue weighted by atomic mass is 10.2. The monoisotopic (exact) mass is 314 g/mol. The minimum absolute atomic E-state index is 0.287. The van der Waals surface area contributed by atoms with Crippen LogP contribution in [0.1, 0.15) is 26.3 Å². The first-order chi connectivity index (χ1) is 9.86. The SMILES string of the molecule is CCN(CC(C)C)S(=O)(=O)c1ccc(OC)c(CNC)c1. The van der Waals surface area contributed by atoms with Gasteiger partial charge in [0.05, 0.1) is 12.0 Å². The van der Waals surface area contributed by atoms with E-state index in [4.69, 9.17) is 4.74 Å². The molecule has 0 saturated heterocycles. The van der Waals surface area contributed by atoms with Gasteiger partial charge in [-0.25, -0.2) is 8.42 Å². The Balaban J connectivity index is 3.21. The molecule has 0 aliphatic rings. The lowest BCUT2D eigenvalue weighted by Crippen LogP contribution is -2.34. The highest BCUT2D eigenvalue weighted by Crippen LogP contribution is 2.25. The van der Waals surface area contributed by atoms with Crippen molar-refractivity contribution in [1.82, 2.24) is 9.62 Å². The zero-order valence-corrected chi connectivity index (χ0v) is 14.3. The molecule has 21 heavy (non-hydrogen) atoms. The van der Waals surface area contributed by atoms with Crippen molar-refractivity contribution in [3.63, 3.8) is 0 Å². The molecule has 0 atom stereocenters. The quantitative estimate of drug-likeness (QED) is 0.798. The van der Waals surface area contributed by atoms with Gasteiger partial charge in [-0.1, -0.05) is 20.8 Å². The van der Waals surface area contributed by atoms with E-state index < -0.39 is 10.0 Å². The summed E-state index contributed by atoms with van der Waals surface area (Å²) in [4.78, 5) is 0.316. The number of hydrogen-bond donors (Lipinski definition) is 1. The standard InChI is InChI=1S/C15H26N2O3S/c1-6-17(11-12(2)3)21(18,19)14-7-8-15(20-5)13(9-14)10-16-4/h7-9,12,16H,6,10-11H2,1-5H3. The van der Waals surface area contributed by atoms with Crippen molar-refractivity contribution < 1.29 is 13.2 Å². The molecule has 1 rings (SSSR count). The second kappa shape index (κ2) is 7.77. The van der Waals surface area contributed by atoms with Crippen molar-refractivity contribution in [2.45, 2.75) is 32.2 Å². The highest BCUT2D eigenvalue weighted by molar-refractivity contribution is 7.89. The fraction of sp³-hybridized carbons (Fsp3) is 0.600. The van der Waals surface area contributed by atoms with Crippen LogP contribution in [0.15, 0.2) is 23.1 Å². The van der Waals surface area contributed by atoms with Gasteiger partial charge in [-0.3, -0.25) is 0 Å². The Bertz CT molecular complexity index is 556. The van der Waals surface area contributed by atoms with Gasteiger partial charge in [0.2, 0.25) is 10.0 Å². The minimum Gasteiger partial charge on any atom is -0.496 e. The number of sulfonamides is 1. The number of ether oxygens (including phenoxy) is 1. The fourth-order valence-electron chi connectivity index (χ4n) is 2.20.